The second kappa shape index (κ2) is 10.4. The molecule has 0 fully saturated rings. The van der Waals surface area contributed by atoms with Gasteiger partial charge in [0.2, 0.25) is 11.8 Å². The van der Waals surface area contributed by atoms with Crippen LogP contribution in [-0.2, 0) is 9.59 Å². The van der Waals surface area contributed by atoms with Crippen LogP contribution in [-0.4, -0.2) is 31.5 Å². The first-order valence-corrected chi connectivity index (χ1v) is 9.30. The first-order chi connectivity index (χ1) is 13.0. The van der Waals surface area contributed by atoms with E-state index in [0.717, 1.165) is 17.0 Å². The van der Waals surface area contributed by atoms with Gasteiger partial charge in [-0.15, -0.1) is 0 Å². The minimum atomic E-state index is -0.0911. The van der Waals surface area contributed by atoms with E-state index < -0.39 is 0 Å². The average molecular weight is 368 g/mol. The lowest BCUT2D eigenvalue weighted by Gasteiger charge is -2.25. The molecular formula is C22H28N2O3. The summed E-state index contributed by atoms with van der Waals surface area (Å²) in [6, 6.07) is 17.3. The molecule has 144 valence electrons. The van der Waals surface area contributed by atoms with Crippen LogP contribution in [0.5, 0.6) is 5.75 Å². The topological polar surface area (TPSA) is 58.6 Å². The van der Waals surface area contributed by atoms with Gasteiger partial charge in [0, 0.05) is 25.7 Å². The van der Waals surface area contributed by atoms with Gasteiger partial charge in [-0.05, 0) is 29.7 Å². The van der Waals surface area contributed by atoms with E-state index in [2.05, 4.69) is 19.2 Å². The van der Waals surface area contributed by atoms with Gasteiger partial charge >= 0.3 is 0 Å². The SMILES string of the molecule is CC(=O)N(CCNC(=O)CCOc1ccccc1)c1ccccc1C(C)C. The van der Waals surface area contributed by atoms with Crippen molar-refractivity contribution in [1.82, 2.24) is 5.32 Å². The minimum Gasteiger partial charge on any atom is -0.493 e. The Morgan fingerprint density at radius 2 is 1.70 bits per heavy atom. The molecular weight excluding hydrogens is 340 g/mol. The largest absolute Gasteiger partial charge is 0.493 e. The number of carbonyl (C=O) groups is 2. The molecule has 1 N–H and O–H groups in total. The van der Waals surface area contributed by atoms with Gasteiger partial charge in [0.15, 0.2) is 0 Å². The molecule has 0 spiro atoms. The van der Waals surface area contributed by atoms with E-state index in [-0.39, 0.29) is 18.2 Å². The van der Waals surface area contributed by atoms with E-state index in [1.54, 1.807) is 11.8 Å². The Morgan fingerprint density at radius 1 is 1.04 bits per heavy atom. The Bertz CT molecular complexity index is 744. The third-order valence-electron chi connectivity index (χ3n) is 4.23. The number of benzene rings is 2. The molecule has 2 aromatic carbocycles. The van der Waals surface area contributed by atoms with E-state index in [1.165, 1.54) is 0 Å². The van der Waals surface area contributed by atoms with Gasteiger partial charge in [0.25, 0.3) is 0 Å². The summed E-state index contributed by atoms with van der Waals surface area (Å²) in [5.74, 6) is 0.933. The lowest BCUT2D eigenvalue weighted by Crippen LogP contribution is -2.38. The number of anilines is 1. The van der Waals surface area contributed by atoms with Gasteiger partial charge in [-0.2, -0.15) is 0 Å². The lowest BCUT2D eigenvalue weighted by atomic mass is 10.0. The van der Waals surface area contributed by atoms with Crippen LogP contribution in [0.25, 0.3) is 0 Å². The fraction of sp³-hybridized carbons (Fsp3) is 0.364. The van der Waals surface area contributed by atoms with Crippen molar-refractivity contribution in [2.24, 2.45) is 0 Å². The predicted octanol–water partition coefficient (Wildman–Crippen LogP) is 3.75. The van der Waals surface area contributed by atoms with Crippen LogP contribution in [0.3, 0.4) is 0 Å². The molecule has 0 unspecified atom stereocenters. The van der Waals surface area contributed by atoms with Crippen molar-refractivity contribution in [3.63, 3.8) is 0 Å². The number of hydrogen-bond donors (Lipinski definition) is 1. The minimum absolute atomic E-state index is 0.0373. The van der Waals surface area contributed by atoms with Crippen LogP contribution in [0.1, 0.15) is 38.7 Å². The Morgan fingerprint density at radius 3 is 2.37 bits per heavy atom. The van der Waals surface area contributed by atoms with Crippen molar-refractivity contribution >= 4 is 17.5 Å². The van der Waals surface area contributed by atoms with Gasteiger partial charge in [0.05, 0.1) is 13.0 Å². The Labute approximate surface area is 161 Å². The Kier molecular flexibility index (Phi) is 7.86. The highest BCUT2D eigenvalue weighted by molar-refractivity contribution is 5.92. The highest BCUT2D eigenvalue weighted by Crippen LogP contribution is 2.27. The molecule has 0 saturated carbocycles. The molecule has 5 nitrogen and oxygen atoms in total. The van der Waals surface area contributed by atoms with Gasteiger partial charge in [0.1, 0.15) is 5.75 Å². The molecule has 0 aliphatic heterocycles. The molecule has 2 rings (SSSR count). The molecule has 0 atom stereocenters. The number of ether oxygens (including phenoxy) is 1. The fourth-order valence-corrected chi connectivity index (χ4v) is 2.84. The average Bonchev–Trinajstić information content (AvgIpc) is 2.66. The van der Waals surface area contributed by atoms with Gasteiger partial charge in [-0.1, -0.05) is 50.2 Å². The van der Waals surface area contributed by atoms with Crippen LogP contribution >= 0.6 is 0 Å². The normalized spacial score (nSPS) is 10.5. The fourth-order valence-electron chi connectivity index (χ4n) is 2.84. The highest BCUT2D eigenvalue weighted by atomic mass is 16.5. The molecule has 0 saturated heterocycles. The molecule has 0 heterocycles. The highest BCUT2D eigenvalue weighted by Gasteiger charge is 2.16. The summed E-state index contributed by atoms with van der Waals surface area (Å²) in [5.41, 5.74) is 2.02. The van der Waals surface area contributed by atoms with Crippen molar-refractivity contribution in [2.45, 2.75) is 33.1 Å². The smallest absolute Gasteiger partial charge is 0.223 e. The molecule has 2 aromatic rings. The first-order valence-electron chi connectivity index (χ1n) is 9.30. The maximum Gasteiger partial charge on any atom is 0.223 e. The molecule has 0 bridgehead atoms. The summed E-state index contributed by atoms with van der Waals surface area (Å²) < 4.78 is 5.53. The van der Waals surface area contributed by atoms with E-state index in [0.29, 0.717) is 25.6 Å². The van der Waals surface area contributed by atoms with E-state index in [9.17, 15) is 9.59 Å². The first kappa shape index (κ1) is 20.5. The molecule has 0 radical (unpaired) electrons. The summed E-state index contributed by atoms with van der Waals surface area (Å²) in [5, 5.41) is 2.86. The number of hydrogen-bond acceptors (Lipinski definition) is 3. The van der Waals surface area contributed by atoms with Crippen molar-refractivity contribution < 1.29 is 14.3 Å². The Balaban J connectivity index is 1.82. The zero-order valence-electron chi connectivity index (χ0n) is 16.3. The number of para-hydroxylation sites is 2. The van der Waals surface area contributed by atoms with Crippen LogP contribution in [0, 0.1) is 0 Å². The molecule has 0 aliphatic carbocycles. The standard InChI is InChI=1S/C22H28N2O3/c1-17(2)20-11-7-8-12-21(20)24(18(3)25)15-14-23-22(26)13-16-27-19-9-5-4-6-10-19/h4-12,17H,13-16H2,1-3H3,(H,23,26). The van der Waals surface area contributed by atoms with Gasteiger partial charge < -0.3 is 15.0 Å². The van der Waals surface area contributed by atoms with Gasteiger partial charge in [-0.3, -0.25) is 9.59 Å². The monoisotopic (exact) mass is 368 g/mol. The molecule has 5 heteroatoms. The van der Waals surface area contributed by atoms with Crippen LogP contribution in [0.15, 0.2) is 54.6 Å². The van der Waals surface area contributed by atoms with E-state index >= 15 is 0 Å². The number of amides is 2. The third kappa shape index (κ3) is 6.44. The Hall–Kier alpha value is -2.82. The summed E-state index contributed by atoms with van der Waals surface area (Å²) in [7, 11) is 0. The number of nitrogens with zero attached hydrogens (tertiary/aromatic N) is 1. The molecule has 0 aromatic heterocycles. The van der Waals surface area contributed by atoms with Crippen molar-refractivity contribution in [2.75, 3.05) is 24.6 Å². The summed E-state index contributed by atoms with van der Waals surface area (Å²) in [6.07, 6.45) is 0.275. The lowest BCUT2D eigenvalue weighted by molar-refractivity contribution is -0.122. The van der Waals surface area contributed by atoms with E-state index in [1.807, 2.05) is 54.6 Å². The van der Waals surface area contributed by atoms with E-state index in [4.69, 9.17) is 4.74 Å². The second-order valence-corrected chi connectivity index (χ2v) is 6.65. The summed E-state index contributed by atoms with van der Waals surface area (Å²) >= 11 is 0. The molecule has 0 aliphatic rings. The number of nitrogens with one attached hydrogen (secondary N) is 1. The maximum absolute atomic E-state index is 12.1. The summed E-state index contributed by atoms with van der Waals surface area (Å²) in [4.78, 5) is 25.8. The van der Waals surface area contributed by atoms with Crippen LogP contribution < -0.4 is 15.0 Å². The van der Waals surface area contributed by atoms with Crippen molar-refractivity contribution in [1.29, 1.82) is 0 Å². The van der Waals surface area contributed by atoms with Crippen molar-refractivity contribution in [3.05, 3.63) is 60.2 Å². The number of rotatable bonds is 9. The predicted molar refractivity (Wildman–Crippen MR) is 108 cm³/mol. The van der Waals surface area contributed by atoms with Crippen LogP contribution in [0.4, 0.5) is 5.69 Å². The van der Waals surface area contributed by atoms with Gasteiger partial charge in [-0.25, -0.2) is 0 Å². The zero-order chi connectivity index (χ0) is 19.6. The second-order valence-electron chi connectivity index (χ2n) is 6.65. The van der Waals surface area contributed by atoms with Crippen molar-refractivity contribution in [3.8, 4) is 5.75 Å². The third-order valence-corrected chi connectivity index (χ3v) is 4.23. The number of carbonyl (C=O) groups excluding carboxylic acids is 2. The molecule has 2 amide bonds. The quantitative estimate of drug-likeness (QED) is 0.733. The maximum atomic E-state index is 12.1. The summed E-state index contributed by atoms with van der Waals surface area (Å²) in [6.45, 7) is 6.91. The van der Waals surface area contributed by atoms with Crippen LogP contribution in [0.2, 0.25) is 0 Å². The zero-order valence-corrected chi connectivity index (χ0v) is 16.3. The molecule has 27 heavy (non-hydrogen) atoms.